The standard InChI is InChI=1S/C25H29ClN4O2/c26-21-5-6-22-20(16-21)4-3-19-2-1-9-28-24(19)23(22)18-7-12-30(13-8-18)25(31)32-17-29-14-10-27-11-15-29/h1-2,5-6,9,16,27H,3-4,7-8,10-15,17H2. The van der Waals surface area contributed by atoms with Gasteiger partial charge in [-0.25, -0.2) is 4.79 Å². The predicted octanol–water partition coefficient (Wildman–Crippen LogP) is 3.73. The highest BCUT2D eigenvalue weighted by Gasteiger charge is 2.27. The lowest BCUT2D eigenvalue weighted by atomic mass is 9.88. The molecule has 1 aromatic heterocycles. The van der Waals surface area contributed by atoms with Crippen molar-refractivity contribution in [2.24, 2.45) is 0 Å². The molecule has 32 heavy (non-hydrogen) atoms. The van der Waals surface area contributed by atoms with Crippen molar-refractivity contribution in [3.63, 3.8) is 0 Å². The van der Waals surface area contributed by atoms with Crippen molar-refractivity contribution in [1.82, 2.24) is 20.1 Å². The van der Waals surface area contributed by atoms with Gasteiger partial charge in [0, 0.05) is 56.1 Å². The summed E-state index contributed by atoms with van der Waals surface area (Å²) < 4.78 is 5.59. The molecular formula is C25H29ClN4O2. The number of carbonyl (C=O) groups excluding carboxylic acids is 1. The molecule has 3 aliphatic rings. The van der Waals surface area contributed by atoms with Crippen LogP contribution in [0.1, 0.15) is 35.2 Å². The van der Waals surface area contributed by atoms with Crippen molar-refractivity contribution in [1.29, 1.82) is 0 Å². The number of halogens is 1. The number of aryl methyl sites for hydroxylation is 2. The van der Waals surface area contributed by atoms with Gasteiger partial charge in [0.05, 0.1) is 5.69 Å². The van der Waals surface area contributed by atoms with Crippen molar-refractivity contribution in [3.8, 4) is 0 Å². The first-order valence-electron chi connectivity index (χ1n) is 11.5. The summed E-state index contributed by atoms with van der Waals surface area (Å²) in [5, 5.41) is 4.09. The van der Waals surface area contributed by atoms with E-state index >= 15 is 0 Å². The highest BCUT2D eigenvalue weighted by molar-refractivity contribution is 6.30. The van der Waals surface area contributed by atoms with E-state index in [1.807, 2.05) is 23.2 Å². The Hall–Kier alpha value is -2.41. The maximum atomic E-state index is 12.6. The number of rotatable bonds is 2. The number of fused-ring (bicyclic) bond motifs is 2. The summed E-state index contributed by atoms with van der Waals surface area (Å²) in [6, 6.07) is 10.4. The van der Waals surface area contributed by atoms with Gasteiger partial charge in [-0.2, -0.15) is 0 Å². The molecule has 2 aromatic rings. The second-order valence-electron chi connectivity index (χ2n) is 8.69. The fraction of sp³-hybridized carbons (Fsp3) is 0.440. The third-order valence-electron chi connectivity index (χ3n) is 6.69. The van der Waals surface area contributed by atoms with Gasteiger partial charge >= 0.3 is 6.09 Å². The topological polar surface area (TPSA) is 57.7 Å². The zero-order valence-corrected chi connectivity index (χ0v) is 19.0. The van der Waals surface area contributed by atoms with Crippen molar-refractivity contribution in [2.45, 2.75) is 25.7 Å². The molecule has 7 heteroatoms. The highest BCUT2D eigenvalue weighted by Crippen LogP contribution is 2.38. The Morgan fingerprint density at radius 3 is 2.62 bits per heavy atom. The molecular weight excluding hydrogens is 424 g/mol. The Labute approximate surface area is 194 Å². The molecule has 6 nitrogen and oxygen atoms in total. The minimum absolute atomic E-state index is 0.209. The molecule has 168 valence electrons. The molecule has 2 aliphatic heterocycles. The molecule has 5 rings (SSSR count). The van der Waals surface area contributed by atoms with Crippen LogP contribution in [0.3, 0.4) is 0 Å². The van der Waals surface area contributed by atoms with Gasteiger partial charge in [0.1, 0.15) is 6.73 Å². The van der Waals surface area contributed by atoms with Crippen molar-refractivity contribution >= 4 is 23.3 Å². The van der Waals surface area contributed by atoms with Gasteiger partial charge < -0.3 is 15.0 Å². The number of nitrogens with zero attached hydrogens (tertiary/aromatic N) is 3. The number of ether oxygens (including phenoxy) is 1. The maximum absolute atomic E-state index is 12.6. The summed E-state index contributed by atoms with van der Waals surface area (Å²) in [7, 11) is 0. The second kappa shape index (κ2) is 9.61. The van der Waals surface area contributed by atoms with E-state index in [0.29, 0.717) is 19.8 Å². The Bertz CT molecular complexity index is 1020. The molecule has 2 fully saturated rings. The van der Waals surface area contributed by atoms with Gasteiger partial charge in [0.15, 0.2) is 0 Å². The van der Waals surface area contributed by atoms with Gasteiger partial charge in [-0.15, -0.1) is 0 Å². The maximum Gasteiger partial charge on any atom is 0.411 e. The summed E-state index contributed by atoms with van der Waals surface area (Å²) in [4.78, 5) is 21.4. The average molecular weight is 453 g/mol. The Balaban J connectivity index is 1.35. The first-order valence-corrected chi connectivity index (χ1v) is 11.9. The van der Waals surface area contributed by atoms with Crippen molar-refractivity contribution in [2.75, 3.05) is 46.0 Å². The minimum Gasteiger partial charge on any atom is -0.433 e. The predicted molar refractivity (Wildman–Crippen MR) is 126 cm³/mol. The van der Waals surface area contributed by atoms with Crippen LogP contribution in [0.2, 0.25) is 5.02 Å². The first kappa shape index (κ1) is 21.4. The number of pyridine rings is 1. The Morgan fingerprint density at radius 1 is 1.03 bits per heavy atom. The molecule has 1 amide bonds. The van der Waals surface area contributed by atoms with Crippen LogP contribution >= 0.6 is 11.6 Å². The molecule has 0 radical (unpaired) electrons. The number of aromatic nitrogens is 1. The third-order valence-corrected chi connectivity index (χ3v) is 6.92. The molecule has 1 aromatic carbocycles. The average Bonchev–Trinajstić information content (AvgIpc) is 3.00. The third kappa shape index (κ3) is 4.53. The molecule has 1 aliphatic carbocycles. The summed E-state index contributed by atoms with van der Waals surface area (Å²) in [5.41, 5.74) is 7.46. The lowest BCUT2D eigenvalue weighted by Crippen LogP contribution is -2.46. The second-order valence-corrected chi connectivity index (χ2v) is 9.12. The van der Waals surface area contributed by atoms with Crippen LogP contribution in [0.15, 0.2) is 42.1 Å². The molecule has 0 spiro atoms. The van der Waals surface area contributed by atoms with Crippen LogP contribution in [-0.4, -0.2) is 66.9 Å². The number of carbonyl (C=O) groups is 1. The van der Waals surface area contributed by atoms with E-state index in [-0.39, 0.29) is 6.09 Å². The van der Waals surface area contributed by atoms with Gasteiger partial charge in [-0.3, -0.25) is 9.88 Å². The number of amides is 1. The van der Waals surface area contributed by atoms with E-state index in [0.717, 1.165) is 62.6 Å². The smallest absolute Gasteiger partial charge is 0.411 e. The van der Waals surface area contributed by atoms with Crippen molar-refractivity contribution < 1.29 is 9.53 Å². The molecule has 0 saturated carbocycles. The fourth-order valence-corrected chi connectivity index (χ4v) is 5.12. The summed E-state index contributed by atoms with van der Waals surface area (Å²) >= 11 is 6.32. The van der Waals surface area contributed by atoms with Gasteiger partial charge in [-0.1, -0.05) is 29.3 Å². The van der Waals surface area contributed by atoms with Crippen LogP contribution in [0, 0.1) is 0 Å². The van der Waals surface area contributed by atoms with Crippen LogP contribution in [0.5, 0.6) is 0 Å². The highest BCUT2D eigenvalue weighted by atomic mass is 35.5. The van der Waals surface area contributed by atoms with Gasteiger partial charge in [0.2, 0.25) is 0 Å². The normalized spacial score (nSPS) is 19.2. The minimum atomic E-state index is -0.209. The summed E-state index contributed by atoms with van der Waals surface area (Å²) in [5.74, 6) is 0. The quantitative estimate of drug-likeness (QED) is 0.752. The SMILES string of the molecule is O=C(OCN1CCNCC1)N1CCC(=C2c3ccc(Cl)cc3CCc3cccnc32)CC1. The van der Waals surface area contributed by atoms with E-state index < -0.39 is 0 Å². The van der Waals surface area contributed by atoms with E-state index in [9.17, 15) is 4.79 Å². The summed E-state index contributed by atoms with van der Waals surface area (Å²) in [6.07, 6.45) is 5.24. The first-order chi connectivity index (χ1) is 15.7. The van der Waals surface area contributed by atoms with Crippen LogP contribution in [0.25, 0.3) is 5.57 Å². The number of hydrogen-bond acceptors (Lipinski definition) is 5. The lowest BCUT2D eigenvalue weighted by Gasteiger charge is -2.31. The molecule has 1 N–H and O–H groups in total. The van der Waals surface area contributed by atoms with E-state index in [4.69, 9.17) is 21.3 Å². The van der Waals surface area contributed by atoms with E-state index in [1.165, 1.54) is 27.8 Å². The number of nitrogens with one attached hydrogen (secondary N) is 1. The Morgan fingerprint density at radius 2 is 1.81 bits per heavy atom. The van der Waals surface area contributed by atoms with Gasteiger partial charge in [-0.05, 0) is 60.6 Å². The van der Waals surface area contributed by atoms with Crippen LogP contribution in [0.4, 0.5) is 4.79 Å². The number of likely N-dealkylation sites (tertiary alicyclic amines) is 1. The van der Waals surface area contributed by atoms with Gasteiger partial charge in [0.25, 0.3) is 0 Å². The molecule has 2 saturated heterocycles. The fourth-order valence-electron chi connectivity index (χ4n) is 4.92. The molecule has 0 atom stereocenters. The number of piperidine rings is 1. The summed E-state index contributed by atoms with van der Waals surface area (Å²) in [6.45, 7) is 5.44. The number of hydrogen-bond donors (Lipinski definition) is 1. The largest absolute Gasteiger partial charge is 0.433 e. The zero-order chi connectivity index (χ0) is 21.9. The number of benzene rings is 1. The monoisotopic (exact) mass is 452 g/mol. The van der Waals surface area contributed by atoms with E-state index in [1.54, 1.807) is 0 Å². The number of piperazine rings is 1. The zero-order valence-electron chi connectivity index (χ0n) is 18.3. The Kier molecular flexibility index (Phi) is 6.44. The van der Waals surface area contributed by atoms with Crippen molar-refractivity contribution in [3.05, 3.63) is 69.5 Å². The molecule has 0 bridgehead atoms. The van der Waals surface area contributed by atoms with Crippen LogP contribution < -0.4 is 5.32 Å². The lowest BCUT2D eigenvalue weighted by molar-refractivity contribution is 0.0377. The molecule has 3 heterocycles. The van der Waals surface area contributed by atoms with Crippen LogP contribution in [-0.2, 0) is 17.6 Å². The van der Waals surface area contributed by atoms with E-state index in [2.05, 4.69) is 28.4 Å². The molecule has 0 unspecified atom stereocenters.